The van der Waals surface area contributed by atoms with Crippen molar-refractivity contribution in [2.24, 2.45) is 0 Å². The minimum Gasteiger partial charge on any atom is -0.350 e. The van der Waals surface area contributed by atoms with Crippen LogP contribution in [0.5, 0.6) is 0 Å². The van der Waals surface area contributed by atoms with Crippen LogP contribution in [0.25, 0.3) is 0 Å². The number of rotatable bonds is 5. The van der Waals surface area contributed by atoms with Crippen molar-refractivity contribution >= 4 is 29.4 Å². The molecule has 1 unspecified atom stereocenters. The van der Waals surface area contributed by atoms with E-state index in [1.807, 2.05) is 43.7 Å². The lowest BCUT2D eigenvalue weighted by Crippen LogP contribution is -2.43. The third-order valence-corrected chi connectivity index (χ3v) is 7.38. The lowest BCUT2D eigenvalue weighted by molar-refractivity contribution is -0.123. The number of anilines is 1. The molecule has 196 valence electrons. The molecule has 0 bridgehead atoms. The molecule has 7 nitrogen and oxygen atoms in total. The average Bonchev–Trinajstić information content (AvgIpc) is 3.18. The molecule has 1 atom stereocenters. The SMILES string of the molecule is CC(C)(C)c1nn(C(C)(C)C)c2c1C(c1cccc(F)c1)SCC(=O)N2CC(=O)NCc1ccncc1. The van der Waals surface area contributed by atoms with Crippen LogP contribution in [0.2, 0.25) is 0 Å². The lowest BCUT2D eigenvalue weighted by Gasteiger charge is -2.29. The molecular formula is C28H34FN5O2S. The summed E-state index contributed by atoms with van der Waals surface area (Å²) in [5, 5.41) is 7.64. The van der Waals surface area contributed by atoms with Gasteiger partial charge in [-0.15, -0.1) is 11.8 Å². The number of carbonyl (C=O) groups excluding carboxylic acids is 2. The normalized spacial score (nSPS) is 16.4. The Bertz CT molecular complexity index is 1290. The molecular weight excluding hydrogens is 489 g/mol. The van der Waals surface area contributed by atoms with Gasteiger partial charge in [-0.1, -0.05) is 32.9 Å². The average molecular weight is 524 g/mol. The Morgan fingerprint density at radius 1 is 1.14 bits per heavy atom. The van der Waals surface area contributed by atoms with Gasteiger partial charge in [0, 0.05) is 29.9 Å². The summed E-state index contributed by atoms with van der Waals surface area (Å²) in [5.41, 5.74) is 2.54. The summed E-state index contributed by atoms with van der Waals surface area (Å²) in [6.07, 6.45) is 3.34. The molecule has 0 radical (unpaired) electrons. The van der Waals surface area contributed by atoms with Gasteiger partial charge in [-0.3, -0.25) is 19.5 Å². The summed E-state index contributed by atoms with van der Waals surface area (Å²) >= 11 is 1.44. The minimum absolute atomic E-state index is 0.140. The van der Waals surface area contributed by atoms with E-state index >= 15 is 0 Å². The number of benzene rings is 1. The molecule has 3 heterocycles. The standard InChI is InChI=1S/C28H34FN5O2S/c1-27(2,3)25-23-24(19-8-7-9-20(29)14-19)37-17-22(36)33(26(23)34(32-25)28(4,5)6)16-21(35)31-15-18-10-12-30-13-11-18/h7-14,24H,15-17H2,1-6H3,(H,31,35). The number of hydrogen-bond acceptors (Lipinski definition) is 5. The van der Waals surface area contributed by atoms with Crippen molar-refractivity contribution < 1.29 is 14.0 Å². The Morgan fingerprint density at radius 3 is 2.46 bits per heavy atom. The summed E-state index contributed by atoms with van der Waals surface area (Å²) in [4.78, 5) is 32.2. The number of pyridine rings is 1. The van der Waals surface area contributed by atoms with Crippen molar-refractivity contribution in [2.45, 2.75) is 64.3 Å². The topological polar surface area (TPSA) is 80.1 Å². The predicted octanol–water partition coefficient (Wildman–Crippen LogP) is 4.96. The van der Waals surface area contributed by atoms with Crippen LogP contribution in [0.3, 0.4) is 0 Å². The summed E-state index contributed by atoms with van der Waals surface area (Å²) in [6, 6.07) is 10.2. The van der Waals surface area contributed by atoms with Crippen LogP contribution in [0, 0.1) is 5.82 Å². The number of thioether (sulfide) groups is 1. The highest BCUT2D eigenvalue weighted by Gasteiger charge is 2.41. The van der Waals surface area contributed by atoms with Crippen LogP contribution < -0.4 is 10.2 Å². The van der Waals surface area contributed by atoms with Gasteiger partial charge in [0.2, 0.25) is 11.8 Å². The lowest BCUT2D eigenvalue weighted by atomic mass is 9.87. The molecule has 0 aliphatic carbocycles. The zero-order valence-corrected chi connectivity index (χ0v) is 23.0. The van der Waals surface area contributed by atoms with E-state index in [0.29, 0.717) is 12.4 Å². The second-order valence-electron chi connectivity index (χ2n) is 11.3. The van der Waals surface area contributed by atoms with E-state index in [9.17, 15) is 14.0 Å². The summed E-state index contributed by atoms with van der Waals surface area (Å²) in [5.74, 6) is -0.0375. The van der Waals surface area contributed by atoms with Gasteiger partial charge in [0.15, 0.2) is 0 Å². The number of nitrogens with one attached hydrogen (secondary N) is 1. The van der Waals surface area contributed by atoms with E-state index in [-0.39, 0.29) is 40.6 Å². The summed E-state index contributed by atoms with van der Waals surface area (Å²) in [6.45, 7) is 12.5. The maximum Gasteiger partial charge on any atom is 0.240 e. The van der Waals surface area contributed by atoms with E-state index in [0.717, 1.165) is 22.4 Å². The van der Waals surface area contributed by atoms with Gasteiger partial charge in [0.05, 0.1) is 22.2 Å². The fraction of sp³-hybridized carbons (Fsp3) is 0.429. The van der Waals surface area contributed by atoms with Gasteiger partial charge in [-0.2, -0.15) is 5.10 Å². The van der Waals surface area contributed by atoms with E-state index in [2.05, 4.69) is 31.1 Å². The van der Waals surface area contributed by atoms with Gasteiger partial charge in [-0.05, 0) is 56.2 Å². The van der Waals surface area contributed by atoms with Gasteiger partial charge in [-0.25, -0.2) is 9.07 Å². The molecule has 3 aromatic rings. The molecule has 4 rings (SSSR count). The second kappa shape index (κ2) is 10.3. The Kier molecular flexibility index (Phi) is 7.46. The van der Waals surface area contributed by atoms with Crippen molar-refractivity contribution in [3.05, 3.63) is 77.0 Å². The number of fused-ring (bicyclic) bond motifs is 1. The molecule has 0 fully saturated rings. The van der Waals surface area contributed by atoms with Gasteiger partial charge < -0.3 is 5.32 Å². The van der Waals surface area contributed by atoms with E-state index in [1.54, 1.807) is 23.4 Å². The fourth-order valence-corrected chi connectivity index (χ4v) is 5.56. The number of hydrogen-bond donors (Lipinski definition) is 1. The highest BCUT2D eigenvalue weighted by Crippen LogP contribution is 2.48. The Balaban J connectivity index is 1.83. The van der Waals surface area contributed by atoms with Gasteiger partial charge >= 0.3 is 0 Å². The van der Waals surface area contributed by atoms with Crippen LogP contribution in [0.1, 0.15) is 69.2 Å². The fourth-order valence-electron chi connectivity index (χ4n) is 4.37. The first kappa shape index (κ1) is 26.9. The van der Waals surface area contributed by atoms with Gasteiger partial charge in [0.25, 0.3) is 0 Å². The van der Waals surface area contributed by atoms with Crippen LogP contribution in [0.15, 0.2) is 48.8 Å². The van der Waals surface area contributed by atoms with Crippen LogP contribution in [-0.2, 0) is 27.1 Å². The summed E-state index contributed by atoms with van der Waals surface area (Å²) in [7, 11) is 0. The van der Waals surface area contributed by atoms with Crippen molar-refractivity contribution in [1.82, 2.24) is 20.1 Å². The quantitative estimate of drug-likeness (QED) is 0.512. The molecule has 1 aliphatic rings. The number of aromatic nitrogens is 3. The van der Waals surface area contributed by atoms with Crippen molar-refractivity contribution in [3.8, 4) is 0 Å². The molecule has 37 heavy (non-hydrogen) atoms. The first-order valence-corrected chi connectivity index (χ1v) is 13.4. The predicted molar refractivity (Wildman–Crippen MR) is 145 cm³/mol. The number of halogens is 1. The van der Waals surface area contributed by atoms with Crippen LogP contribution in [0.4, 0.5) is 10.2 Å². The molecule has 2 aromatic heterocycles. The molecule has 2 amide bonds. The molecule has 0 saturated carbocycles. The number of amides is 2. The van der Waals surface area contributed by atoms with Crippen LogP contribution >= 0.6 is 11.8 Å². The second-order valence-corrected chi connectivity index (χ2v) is 12.4. The Hall–Kier alpha value is -3.20. The highest BCUT2D eigenvalue weighted by molar-refractivity contribution is 8.00. The van der Waals surface area contributed by atoms with Gasteiger partial charge in [0.1, 0.15) is 18.2 Å². The van der Waals surface area contributed by atoms with E-state index < -0.39 is 5.54 Å². The number of nitrogens with zero attached hydrogens (tertiary/aromatic N) is 4. The smallest absolute Gasteiger partial charge is 0.240 e. The molecule has 9 heteroatoms. The maximum absolute atomic E-state index is 14.3. The van der Waals surface area contributed by atoms with Crippen molar-refractivity contribution in [3.63, 3.8) is 0 Å². The minimum atomic E-state index is -0.471. The van der Waals surface area contributed by atoms with E-state index in [1.165, 1.54) is 23.9 Å². The first-order chi connectivity index (χ1) is 17.4. The third-order valence-electron chi connectivity index (χ3n) is 6.13. The highest BCUT2D eigenvalue weighted by atomic mass is 32.2. The van der Waals surface area contributed by atoms with Crippen molar-refractivity contribution in [2.75, 3.05) is 17.2 Å². The molecule has 1 aliphatic heterocycles. The van der Waals surface area contributed by atoms with E-state index in [4.69, 9.17) is 5.10 Å². The van der Waals surface area contributed by atoms with Crippen LogP contribution in [-0.4, -0.2) is 38.9 Å². The van der Waals surface area contributed by atoms with Crippen molar-refractivity contribution in [1.29, 1.82) is 0 Å². The summed E-state index contributed by atoms with van der Waals surface area (Å²) < 4.78 is 16.2. The molecule has 1 N–H and O–H groups in total. The third kappa shape index (κ3) is 5.87. The molecule has 0 spiro atoms. The molecule has 1 aromatic carbocycles. The largest absolute Gasteiger partial charge is 0.350 e. The zero-order valence-electron chi connectivity index (χ0n) is 22.2. The maximum atomic E-state index is 14.3. The Labute approximate surface area is 221 Å². The number of carbonyl (C=O) groups is 2. The Morgan fingerprint density at radius 2 is 1.84 bits per heavy atom. The zero-order chi connectivity index (χ0) is 27.0. The first-order valence-electron chi connectivity index (χ1n) is 12.3. The molecule has 0 saturated heterocycles. The monoisotopic (exact) mass is 523 g/mol.